The van der Waals surface area contributed by atoms with Crippen molar-refractivity contribution in [2.45, 2.75) is 37.8 Å². The summed E-state index contributed by atoms with van der Waals surface area (Å²) in [6.07, 6.45) is 3.41. The summed E-state index contributed by atoms with van der Waals surface area (Å²) < 4.78 is 0. The third-order valence-corrected chi connectivity index (χ3v) is 4.58. The molecule has 1 fully saturated rings. The predicted molar refractivity (Wildman–Crippen MR) is 80.8 cm³/mol. The number of thiophene rings is 1. The van der Waals surface area contributed by atoms with Crippen molar-refractivity contribution in [3.8, 4) is 0 Å². The van der Waals surface area contributed by atoms with Gasteiger partial charge in [-0.3, -0.25) is 25.3 Å². The normalized spacial score (nSPS) is 22.0. The summed E-state index contributed by atoms with van der Waals surface area (Å²) in [7, 11) is 1.82. The average molecular weight is 311 g/mol. The molecular weight excluding hydrogens is 290 g/mol. The fraction of sp³-hybridized carbons (Fsp3) is 0.571. The predicted octanol–water partition coefficient (Wildman–Crippen LogP) is 0.744. The summed E-state index contributed by atoms with van der Waals surface area (Å²) in [6, 6.07) is 3.48. The first-order valence-electron chi connectivity index (χ1n) is 7.09. The van der Waals surface area contributed by atoms with Crippen LogP contribution >= 0.6 is 11.3 Å². The molecule has 1 saturated carbocycles. The van der Waals surface area contributed by atoms with Crippen LogP contribution in [0.25, 0.3) is 0 Å². The van der Waals surface area contributed by atoms with Gasteiger partial charge in [-0.15, -0.1) is 11.3 Å². The number of carbonyl (C=O) groups is 2. The van der Waals surface area contributed by atoms with Gasteiger partial charge in [0.1, 0.15) is 0 Å². The minimum absolute atomic E-state index is 0.0116. The third-order valence-electron chi connectivity index (χ3n) is 3.71. The molecule has 1 aliphatic rings. The molecule has 1 aromatic rings. The van der Waals surface area contributed by atoms with E-state index >= 15 is 0 Å². The van der Waals surface area contributed by atoms with Gasteiger partial charge < -0.3 is 5.11 Å². The van der Waals surface area contributed by atoms with Gasteiger partial charge in [-0.05, 0) is 31.3 Å². The molecular formula is C14H21N3O3S. The molecule has 6 nitrogen and oxygen atoms in total. The summed E-state index contributed by atoms with van der Waals surface area (Å²) >= 11 is 1.31. The molecule has 2 unspecified atom stereocenters. The van der Waals surface area contributed by atoms with Crippen molar-refractivity contribution >= 4 is 23.2 Å². The summed E-state index contributed by atoms with van der Waals surface area (Å²) in [5.41, 5.74) is 4.79. The molecule has 0 bridgehead atoms. The monoisotopic (exact) mass is 311 g/mol. The Balaban J connectivity index is 1.75. The van der Waals surface area contributed by atoms with E-state index in [4.69, 9.17) is 0 Å². The van der Waals surface area contributed by atoms with Crippen LogP contribution in [-0.2, 0) is 4.79 Å². The van der Waals surface area contributed by atoms with Crippen LogP contribution in [0.4, 0.5) is 0 Å². The van der Waals surface area contributed by atoms with Crippen molar-refractivity contribution in [3.05, 3.63) is 22.4 Å². The van der Waals surface area contributed by atoms with Gasteiger partial charge in [-0.25, -0.2) is 0 Å². The molecule has 1 heterocycles. The first kappa shape index (κ1) is 15.9. The van der Waals surface area contributed by atoms with Gasteiger partial charge in [-0.1, -0.05) is 18.9 Å². The van der Waals surface area contributed by atoms with Gasteiger partial charge >= 0.3 is 0 Å². The van der Waals surface area contributed by atoms with Gasteiger partial charge in [0.15, 0.2) is 0 Å². The minimum Gasteiger partial charge on any atom is -0.391 e. The highest BCUT2D eigenvalue weighted by molar-refractivity contribution is 7.12. The lowest BCUT2D eigenvalue weighted by atomic mass is 9.91. The van der Waals surface area contributed by atoms with Crippen LogP contribution in [-0.4, -0.2) is 47.6 Å². The zero-order valence-electron chi connectivity index (χ0n) is 12.0. The molecule has 7 heteroatoms. The van der Waals surface area contributed by atoms with Gasteiger partial charge in [-0.2, -0.15) is 0 Å². The smallest absolute Gasteiger partial charge is 0.279 e. The molecule has 0 radical (unpaired) electrons. The quantitative estimate of drug-likeness (QED) is 0.717. The van der Waals surface area contributed by atoms with E-state index in [1.807, 2.05) is 11.9 Å². The van der Waals surface area contributed by atoms with Gasteiger partial charge in [0, 0.05) is 6.04 Å². The number of nitrogens with one attached hydrogen (secondary N) is 2. The van der Waals surface area contributed by atoms with E-state index in [9.17, 15) is 14.7 Å². The van der Waals surface area contributed by atoms with Crippen molar-refractivity contribution in [2.75, 3.05) is 13.6 Å². The van der Waals surface area contributed by atoms with Crippen LogP contribution in [0.3, 0.4) is 0 Å². The number of aliphatic hydroxyl groups is 1. The Labute approximate surface area is 128 Å². The Morgan fingerprint density at radius 3 is 2.81 bits per heavy atom. The van der Waals surface area contributed by atoms with Crippen molar-refractivity contribution < 1.29 is 14.7 Å². The van der Waals surface area contributed by atoms with Crippen LogP contribution in [0, 0.1) is 0 Å². The summed E-state index contributed by atoms with van der Waals surface area (Å²) in [6.45, 7) is 0.145. The van der Waals surface area contributed by atoms with E-state index < -0.39 is 0 Å². The van der Waals surface area contributed by atoms with E-state index in [2.05, 4.69) is 10.9 Å². The van der Waals surface area contributed by atoms with Crippen molar-refractivity contribution in [2.24, 2.45) is 0 Å². The van der Waals surface area contributed by atoms with Crippen LogP contribution in [0.1, 0.15) is 35.4 Å². The van der Waals surface area contributed by atoms with Gasteiger partial charge in [0.25, 0.3) is 11.8 Å². The molecule has 3 N–H and O–H groups in total. The second-order valence-corrected chi connectivity index (χ2v) is 6.26. The Morgan fingerprint density at radius 1 is 1.38 bits per heavy atom. The molecule has 21 heavy (non-hydrogen) atoms. The summed E-state index contributed by atoms with van der Waals surface area (Å²) in [5.74, 6) is -0.612. The Morgan fingerprint density at radius 2 is 2.14 bits per heavy atom. The van der Waals surface area contributed by atoms with Crippen LogP contribution in [0.2, 0.25) is 0 Å². The largest absolute Gasteiger partial charge is 0.391 e. The Bertz CT molecular complexity index is 478. The summed E-state index contributed by atoms with van der Waals surface area (Å²) in [5, 5.41) is 11.8. The number of likely N-dealkylation sites (N-methyl/N-ethyl adjacent to an activating group) is 1. The number of nitrogens with zero attached hydrogens (tertiary/aromatic N) is 1. The lowest BCUT2D eigenvalue weighted by molar-refractivity contribution is -0.124. The number of aliphatic hydroxyl groups excluding tert-OH is 1. The average Bonchev–Trinajstić information content (AvgIpc) is 2.99. The second kappa shape index (κ2) is 7.53. The maximum atomic E-state index is 11.8. The molecule has 0 spiro atoms. The zero-order valence-corrected chi connectivity index (χ0v) is 12.9. The standard InChI is InChI=1S/C14H21N3O3S/c1-17(10-5-2-3-6-11(10)18)9-13(19)15-16-14(20)12-7-4-8-21-12/h4,7-8,10-11,18H,2-3,5-6,9H2,1H3,(H,15,19)(H,16,20). The zero-order chi connectivity index (χ0) is 15.2. The Hall–Kier alpha value is -1.44. The van der Waals surface area contributed by atoms with E-state index in [-0.39, 0.29) is 30.5 Å². The molecule has 1 aliphatic carbocycles. The van der Waals surface area contributed by atoms with E-state index in [0.717, 1.165) is 25.7 Å². The molecule has 116 valence electrons. The third kappa shape index (κ3) is 4.52. The molecule has 2 amide bonds. The number of rotatable bonds is 4. The maximum absolute atomic E-state index is 11.8. The van der Waals surface area contributed by atoms with Gasteiger partial charge in [0.05, 0.1) is 17.5 Å². The van der Waals surface area contributed by atoms with Crippen molar-refractivity contribution in [3.63, 3.8) is 0 Å². The highest BCUT2D eigenvalue weighted by atomic mass is 32.1. The number of hydrogen-bond acceptors (Lipinski definition) is 5. The van der Waals surface area contributed by atoms with Gasteiger partial charge in [0.2, 0.25) is 0 Å². The molecule has 2 atom stereocenters. The van der Waals surface area contributed by atoms with Crippen LogP contribution in [0.5, 0.6) is 0 Å². The first-order chi connectivity index (χ1) is 10.1. The van der Waals surface area contributed by atoms with Crippen molar-refractivity contribution in [1.29, 1.82) is 0 Å². The van der Waals surface area contributed by atoms with Crippen LogP contribution in [0.15, 0.2) is 17.5 Å². The second-order valence-electron chi connectivity index (χ2n) is 5.31. The Kier molecular flexibility index (Phi) is 5.72. The van der Waals surface area contributed by atoms with Crippen LogP contribution < -0.4 is 10.9 Å². The number of carbonyl (C=O) groups excluding carboxylic acids is 2. The number of hydrogen-bond donors (Lipinski definition) is 3. The number of amides is 2. The highest BCUT2D eigenvalue weighted by Crippen LogP contribution is 2.22. The maximum Gasteiger partial charge on any atom is 0.279 e. The molecule has 0 aromatic carbocycles. The van der Waals surface area contributed by atoms with Crippen molar-refractivity contribution in [1.82, 2.24) is 15.8 Å². The SMILES string of the molecule is CN(CC(=O)NNC(=O)c1cccs1)C1CCCCC1O. The number of hydrazine groups is 1. The molecule has 2 rings (SSSR count). The van der Waals surface area contributed by atoms with E-state index in [1.54, 1.807) is 17.5 Å². The lowest BCUT2D eigenvalue weighted by Gasteiger charge is -2.34. The van der Waals surface area contributed by atoms with E-state index in [0.29, 0.717) is 4.88 Å². The van der Waals surface area contributed by atoms with E-state index in [1.165, 1.54) is 11.3 Å². The molecule has 1 aromatic heterocycles. The summed E-state index contributed by atoms with van der Waals surface area (Å²) in [4.78, 5) is 25.9. The molecule has 0 aliphatic heterocycles. The highest BCUT2D eigenvalue weighted by Gasteiger charge is 2.27. The lowest BCUT2D eigenvalue weighted by Crippen LogP contribution is -2.50. The topological polar surface area (TPSA) is 81.7 Å². The fourth-order valence-corrected chi connectivity index (χ4v) is 3.20. The fourth-order valence-electron chi connectivity index (χ4n) is 2.58. The minimum atomic E-state index is -0.378. The molecule has 0 saturated heterocycles. The first-order valence-corrected chi connectivity index (χ1v) is 7.97.